The van der Waals surface area contributed by atoms with Gasteiger partial charge in [0.15, 0.2) is 0 Å². The maximum absolute atomic E-state index is 13.3. The van der Waals surface area contributed by atoms with E-state index < -0.39 is 16.9 Å². The normalized spacial score (nSPS) is 10.5. The summed E-state index contributed by atoms with van der Waals surface area (Å²) in [5.74, 6) is -0.872. The number of anilines is 2. The molecule has 0 unspecified atom stereocenters. The summed E-state index contributed by atoms with van der Waals surface area (Å²) in [7, 11) is 0. The number of hydrogen-bond donors (Lipinski definition) is 2. The number of carbonyl (C=O) groups excluding carboxylic acids is 1. The second kappa shape index (κ2) is 12.6. The molecule has 4 rings (SSSR count). The Hall–Kier alpha value is -4.63. The molecule has 0 aliphatic heterocycles. The Morgan fingerprint density at radius 2 is 1.42 bits per heavy atom. The van der Waals surface area contributed by atoms with Crippen molar-refractivity contribution in [2.45, 2.75) is 22.6 Å². The molecule has 0 atom stereocenters. The van der Waals surface area contributed by atoms with Crippen molar-refractivity contribution in [1.29, 1.82) is 0 Å². The molecule has 0 bridgehead atoms. The number of rotatable bonds is 10. The molecule has 4 aromatic carbocycles. The number of nitrogens with one attached hydrogen (secondary N) is 1. The van der Waals surface area contributed by atoms with Gasteiger partial charge in [0.1, 0.15) is 5.69 Å². The number of carbonyl (C=O) groups is 2. The number of carboxylic acid groups (broad SMARTS) is 1. The van der Waals surface area contributed by atoms with E-state index in [2.05, 4.69) is 5.32 Å². The van der Waals surface area contributed by atoms with Gasteiger partial charge in [-0.1, -0.05) is 66.4 Å². The van der Waals surface area contributed by atoms with Gasteiger partial charge < -0.3 is 10.4 Å². The van der Waals surface area contributed by atoms with Crippen molar-refractivity contribution in [3.8, 4) is 0 Å². The van der Waals surface area contributed by atoms with Crippen LogP contribution in [0.15, 0.2) is 113 Å². The number of hydrogen-bond acceptors (Lipinski definition) is 5. The number of urea groups is 1. The van der Waals surface area contributed by atoms with Gasteiger partial charge in [0, 0.05) is 28.1 Å². The highest BCUT2D eigenvalue weighted by atomic mass is 32.2. The first-order chi connectivity index (χ1) is 18.4. The van der Waals surface area contributed by atoms with Crippen LogP contribution in [0.4, 0.5) is 21.9 Å². The second-order valence-electron chi connectivity index (χ2n) is 8.40. The molecule has 0 saturated carbocycles. The Labute approximate surface area is 224 Å². The third-order valence-corrected chi connectivity index (χ3v) is 6.73. The van der Waals surface area contributed by atoms with Crippen LogP contribution in [0.1, 0.15) is 11.1 Å². The van der Waals surface area contributed by atoms with Crippen LogP contribution in [0.25, 0.3) is 0 Å². The zero-order valence-corrected chi connectivity index (χ0v) is 21.1. The number of para-hydroxylation sites is 2. The molecule has 0 spiro atoms. The lowest BCUT2D eigenvalue weighted by molar-refractivity contribution is -0.383. The summed E-state index contributed by atoms with van der Waals surface area (Å²) in [6, 6.07) is 30.2. The van der Waals surface area contributed by atoms with Crippen LogP contribution >= 0.6 is 11.8 Å². The maximum Gasteiger partial charge on any atom is 0.326 e. The third kappa shape index (κ3) is 7.21. The summed E-state index contributed by atoms with van der Waals surface area (Å²) >= 11 is 1.52. The number of carboxylic acids is 1. The zero-order valence-electron chi connectivity index (χ0n) is 20.3. The first kappa shape index (κ1) is 26.4. The van der Waals surface area contributed by atoms with Gasteiger partial charge >= 0.3 is 12.0 Å². The molecule has 0 heterocycles. The topological polar surface area (TPSA) is 113 Å². The molecule has 4 aromatic rings. The van der Waals surface area contributed by atoms with E-state index in [4.69, 9.17) is 5.11 Å². The van der Waals surface area contributed by atoms with E-state index in [0.29, 0.717) is 18.7 Å². The fourth-order valence-electron chi connectivity index (χ4n) is 3.83. The second-order valence-corrected chi connectivity index (χ2v) is 9.55. The molecule has 38 heavy (non-hydrogen) atoms. The fraction of sp³-hybridized carbons (Fsp3) is 0.103. The molecule has 9 heteroatoms. The number of nitro benzene ring substituents is 1. The van der Waals surface area contributed by atoms with Gasteiger partial charge in [0.05, 0.1) is 11.3 Å². The quantitative estimate of drug-likeness (QED) is 0.176. The molecular formula is C29H25N3O5S. The number of benzene rings is 4. The minimum absolute atomic E-state index is 0.0212. The van der Waals surface area contributed by atoms with Crippen LogP contribution in [0, 0.1) is 10.1 Å². The van der Waals surface area contributed by atoms with Crippen LogP contribution in [0.3, 0.4) is 0 Å². The number of nitro groups is 1. The molecule has 0 aromatic heterocycles. The van der Waals surface area contributed by atoms with Crippen molar-refractivity contribution in [3.05, 3.63) is 124 Å². The molecule has 8 nitrogen and oxygen atoms in total. The first-order valence-corrected chi connectivity index (χ1v) is 12.7. The minimum atomic E-state index is -0.872. The smallest absolute Gasteiger partial charge is 0.326 e. The molecule has 0 fully saturated rings. The lowest BCUT2D eigenvalue weighted by atomic mass is 10.1. The van der Waals surface area contributed by atoms with Gasteiger partial charge in [0.2, 0.25) is 0 Å². The largest absolute Gasteiger partial charge is 0.481 e. The highest BCUT2D eigenvalue weighted by Crippen LogP contribution is 2.30. The molecule has 192 valence electrons. The predicted octanol–water partition coefficient (Wildman–Crippen LogP) is 6.65. The van der Waals surface area contributed by atoms with Gasteiger partial charge in [-0.3, -0.25) is 19.8 Å². The summed E-state index contributed by atoms with van der Waals surface area (Å²) in [4.78, 5) is 38.6. The number of aliphatic carboxylic acids is 1. The van der Waals surface area contributed by atoms with Gasteiger partial charge in [-0.25, -0.2) is 4.79 Å². The van der Waals surface area contributed by atoms with Gasteiger partial charge in [0.25, 0.3) is 5.69 Å². The minimum Gasteiger partial charge on any atom is -0.481 e. The van der Waals surface area contributed by atoms with E-state index in [9.17, 15) is 19.7 Å². The Morgan fingerprint density at radius 3 is 2.05 bits per heavy atom. The Morgan fingerprint density at radius 1 is 0.816 bits per heavy atom. The third-order valence-electron chi connectivity index (χ3n) is 5.72. The van der Waals surface area contributed by atoms with Crippen molar-refractivity contribution in [3.63, 3.8) is 0 Å². The molecule has 0 saturated heterocycles. The molecule has 2 amide bonds. The lowest BCUT2D eigenvalue weighted by Gasteiger charge is -2.23. The number of nitrogens with zero attached hydrogens (tertiary/aromatic N) is 2. The summed E-state index contributed by atoms with van der Waals surface area (Å²) in [6.07, 6.45) is 0.580. The van der Waals surface area contributed by atoms with Crippen LogP contribution in [-0.2, 0) is 17.6 Å². The van der Waals surface area contributed by atoms with Gasteiger partial charge in [-0.15, -0.1) is 0 Å². The average Bonchev–Trinajstić information content (AvgIpc) is 2.91. The summed E-state index contributed by atoms with van der Waals surface area (Å²) in [5, 5.41) is 23.1. The average molecular weight is 528 g/mol. The van der Waals surface area contributed by atoms with Crippen LogP contribution < -0.4 is 10.2 Å². The van der Waals surface area contributed by atoms with E-state index >= 15 is 0 Å². The highest BCUT2D eigenvalue weighted by Gasteiger charge is 2.20. The van der Waals surface area contributed by atoms with Crippen LogP contribution in [-0.4, -0.2) is 28.6 Å². The van der Waals surface area contributed by atoms with E-state index in [1.807, 2.05) is 66.7 Å². The number of amides is 2. The van der Waals surface area contributed by atoms with E-state index in [1.165, 1.54) is 23.9 Å². The monoisotopic (exact) mass is 527 g/mol. The van der Waals surface area contributed by atoms with Gasteiger partial charge in [-0.05, 0) is 60.0 Å². The van der Waals surface area contributed by atoms with Crippen molar-refractivity contribution in [1.82, 2.24) is 0 Å². The van der Waals surface area contributed by atoms with Crippen molar-refractivity contribution in [2.75, 3.05) is 16.8 Å². The van der Waals surface area contributed by atoms with Crippen molar-refractivity contribution >= 4 is 40.8 Å². The molecule has 0 aliphatic carbocycles. The van der Waals surface area contributed by atoms with Crippen molar-refractivity contribution in [2.24, 2.45) is 0 Å². The Kier molecular flexibility index (Phi) is 8.73. The molecular weight excluding hydrogens is 502 g/mol. The molecule has 0 aliphatic rings. The SMILES string of the molecule is O=C(O)Cc1ccc(Sc2ccc(N(CCc3ccccc3)C(=O)Nc3ccccc3[N+](=O)[O-])cc2)cc1. The van der Waals surface area contributed by atoms with Crippen LogP contribution in [0.2, 0.25) is 0 Å². The Bertz CT molecular complexity index is 1410. The standard InChI is InChI=1S/C29H25N3O5S/c33-28(34)20-22-10-14-24(15-11-22)38-25-16-12-23(13-17-25)31(19-18-21-6-2-1-3-7-21)29(35)30-26-8-4-5-9-27(26)32(36)37/h1-17H,18-20H2,(H,30,35)(H,33,34). The lowest BCUT2D eigenvalue weighted by Crippen LogP contribution is -2.36. The highest BCUT2D eigenvalue weighted by molar-refractivity contribution is 7.99. The zero-order chi connectivity index (χ0) is 26.9. The van der Waals surface area contributed by atoms with E-state index in [-0.39, 0.29) is 17.8 Å². The van der Waals surface area contributed by atoms with Crippen molar-refractivity contribution < 1.29 is 19.6 Å². The fourth-order valence-corrected chi connectivity index (χ4v) is 4.65. The molecule has 0 radical (unpaired) electrons. The summed E-state index contributed by atoms with van der Waals surface area (Å²) in [6.45, 7) is 0.369. The maximum atomic E-state index is 13.3. The van der Waals surface area contributed by atoms with Gasteiger partial charge in [-0.2, -0.15) is 0 Å². The van der Waals surface area contributed by atoms with E-state index in [1.54, 1.807) is 29.2 Å². The Balaban J connectivity index is 1.52. The van der Waals surface area contributed by atoms with E-state index in [0.717, 1.165) is 20.9 Å². The van der Waals surface area contributed by atoms with Crippen LogP contribution in [0.5, 0.6) is 0 Å². The first-order valence-electron chi connectivity index (χ1n) is 11.8. The summed E-state index contributed by atoms with van der Waals surface area (Å²) < 4.78 is 0. The summed E-state index contributed by atoms with van der Waals surface area (Å²) in [5.41, 5.74) is 2.40. The predicted molar refractivity (Wildman–Crippen MR) is 148 cm³/mol. The molecule has 2 N–H and O–H groups in total.